The highest BCUT2D eigenvalue weighted by Gasteiger charge is 2.47. The number of carbonyl (C=O) groups excluding carboxylic acids is 1. The molecule has 4 heterocycles. The van der Waals surface area contributed by atoms with Crippen LogP contribution in [0.25, 0.3) is 0 Å². The molecule has 2 aromatic rings. The molecule has 0 unspecified atom stereocenters. The number of halogens is 1. The van der Waals surface area contributed by atoms with Gasteiger partial charge < -0.3 is 9.32 Å². The molecule has 2 saturated heterocycles. The summed E-state index contributed by atoms with van der Waals surface area (Å²) in [6.45, 7) is 2.26. The van der Waals surface area contributed by atoms with Crippen LogP contribution >= 0.6 is 12.4 Å². The summed E-state index contributed by atoms with van der Waals surface area (Å²) in [6, 6.07) is 1.43. The van der Waals surface area contributed by atoms with Crippen molar-refractivity contribution in [3.8, 4) is 0 Å². The Hall–Kier alpha value is -1.91. The van der Waals surface area contributed by atoms with Crippen molar-refractivity contribution in [3.05, 3.63) is 36.8 Å². The number of amides is 1. The summed E-state index contributed by atoms with van der Waals surface area (Å²) in [5.74, 6) is 0.104. The van der Waals surface area contributed by atoms with Gasteiger partial charge in [0, 0.05) is 37.7 Å². The van der Waals surface area contributed by atoms with Gasteiger partial charge in [-0.05, 0) is 6.07 Å². The van der Waals surface area contributed by atoms with Crippen LogP contribution in [0.15, 0.2) is 35.7 Å². The highest BCUT2D eigenvalue weighted by atomic mass is 35.5. The van der Waals surface area contributed by atoms with E-state index in [-0.39, 0.29) is 48.3 Å². The fraction of sp³-hybridized carbons (Fsp3) is 0.562. The number of furan rings is 1. The number of rotatable bonds is 5. The largest absolute Gasteiger partial charge is 0.472 e. The van der Waals surface area contributed by atoms with Crippen molar-refractivity contribution in [2.75, 3.05) is 24.6 Å². The normalized spacial score (nSPS) is 24.4. The van der Waals surface area contributed by atoms with Crippen LogP contribution in [0.3, 0.4) is 0 Å². The third kappa shape index (κ3) is 4.33. The lowest BCUT2D eigenvalue weighted by molar-refractivity contribution is -0.137. The van der Waals surface area contributed by atoms with Crippen LogP contribution in [0, 0.1) is 0 Å². The number of aryl methyl sites for hydroxylation is 1. The van der Waals surface area contributed by atoms with E-state index in [9.17, 15) is 13.2 Å². The Morgan fingerprint density at radius 2 is 2.07 bits per heavy atom. The average Bonchev–Trinajstić information content (AvgIpc) is 3.32. The Labute approximate surface area is 163 Å². The zero-order valence-electron chi connectivity index (χ0n) is 14.7. The molecule has 2 aliphatic rings. The highest BCUT2D eigenvalue weighted by Crippen LogP contribution is 2.28. The minimum atomic E-state index is -3.15. The van der Waals surface area contributed by atoms with Gasteiger partial charge >= 0.3 is 0 Å². The zero-order valence-corrected chi connectivity index (χ0v) is 16.3. The summed E-state index contributed by atoms with van der Waals surface area (Å²) >= 11 is 0. The summed E-state index contributed by atoms with van der Waals surface area (Å²) in [5.41, 5.74) is 1.01. The lowest BCUT2D eigenvalue weighted by atomic mass is 10.0. The minimum Gasteiger partial charge on any atom is -0.472 e. The van der Waals surface area contributed by atoms with E-state index in [1.54, 1.807) is 28.4 Å². The first kappa shape index (κ1) is 19.8. The Balaban J connectivity index is 0.00000210. The molecule has 2 fully saturated rings. The first-order valence-electron chi connectivity index (χ1n) is 8.59. The van der Waals surface area contributed by atoms with E-state index in [0.29, 0.717) is 26.2 Å². The topological polar surface area (TPSA) is 102 Å². The van der Waals surface area contributed by atoms with Crippen LogP contribution in [-0.4, -0.2) is 75.6 Å². The van der Waals surface area contributed by atoms with Gasteiger partial charge in [0.15, 0.2) is 9.84 Å². The quantitative estimate of drug-likeness (QED) is 0.687. The Morgan fingerprint density at radius 1 is 1.26 bits per heavy atom. The Morgan fingerprint density at radius 3 is 2.78 bits per heavy atom. The lowest BCUT2D eigenvalue weighted by Gasteiger charge is -2.43. The molecule has 148 valence electrons. The lowest BCUT2D eigenvalue weighted by Crippen LogP contribution is -2.60. The fourth-order valence-corrected chi connectivity index (χ4v) is 5.86. The number of hydrogen-bond donors (Lipinski definition) is 0. The van der Waals surface area contributed by atoms with E-state index in [4.69, 9.17) is 4.42 Å². The van der Waals surface area contributed by atoms with Gasteiger partial charge in [-0.15, -0.1) is 12.4 Å². The van der Waals surface area contributed by atoms with E-state index in [2.05, 4.69) is 15.0 Å². The molecule has 0 spiro atoms. The number of nitrogens with zero attached hydrogens (tertiary/aromatic N) is 5. The standard InChI is InChI=1S/C16H21N5O4S.ClH/c22-16(1-3-20-12-17-11-18-20)21-5-4-19(7-13-2-6-25-8-13)14-9-26(23,24)10-15(14)21;/h2,6,8,11-12,14-15H,1,3-5,7,9-10H2;1H/t14-,15+;/m1./s1. The molecular weight excluding hydrogens is 394 g/mol. The monoisotopic (exact) mass is 415 g/mol. The van der Waals surface area contributed by atoms with Crippen molar-refractivity contribution in [2.45, 2.75) is 31.6 Å². The molecule has 0 saturated carbocycles. The molecule has 0 bridgehead atoms. The molecule has 0 radical (unpaired) electrons. The highest BCUT2D eigenvalue weighted by molar-refractivity contribution is 7.91. The molecule has 11 heteroatoms. The summed E-state index contributed by atoms with van der Waals surface area (Å²) in [5, 5.41) is 4.00. The summed E-state index contributed by atoms with van der Waals surface area (Å²) in [7, 11) is -3.15. The second-order valence-electron chi connectivity index (χ2n) is 6.81. The molecule has 0 aromatic carbocycles. The van der Waals surface area contributed by atoms with Gasteiger partial charge in [0.25, 0.3) is 0 Å². The maximum Gasteiger partial charge on any atom is 0.224 e. The van der Waals surface area contributed by atoms with Gasteiger partial charge in [-0.1, -0.05) is 0 Å². The second-order valence-corrected chi connectivity index (χ2v) is 8.96. The van der Waals surface area contributed by atoms with E-state index in [1.165, 1.54) is 6.33 Å². The minimum absolute atomic E-state index is 0. The van der Waals surface area contributed by atoms with Crippen molar-refractivity contribution in [1.82, 2.24) is 24.6 Å². The van der Waals surface area contributed by atoms with Gasteiger partial charge in [0.1, 0.15) is 12.7 Å². The van der Waals surface area contributed by atoms with E-state index in [0.717, 1.165) is 5.56 Å². The van der Waals surface area contributed by atoms with Crippen LogP contribution in [0.5, 0.6) is 0 Å². The van der Waals surface area contributed by atoms with E-state index in [1.807, 2.05) is 6.07 Å². The van der Waals surface area contributed by atoms with Crippen LogP contribution < -0.4 is 0 Å². The smallest absolute Gasteiger partial charge is 0.224 e. The van der Waals surface area contributed by atoms with Crippen LogP contribution in [0.4, 0.5) is 0 Å². The summed E-state index contributed by atoms with van der Waals surface area (Å²) in [6.07, 6.45) is 6.57. The van der Waals surface area contributed by atoms with Crippen molar-refractivity contribution in [2.24, 2.45) is 0 Å². The summed E-state index contributed by atoms with van der Waals surface area (Å²) in [4.78, 5) is 20.5. The molecule has 0 N–H and O–H groups in total. The number of piperazine rings is 1. The van der Waals surface area contributed by atoms with Gasteiger partial charge in [-0.25, -0.2) is 13.4 Å². The van der Waals surface area contributed by atoms with Crippen molar-refractivity contribution < 1.29 is 17.6 Å². The maximum absolute atomic E-state index is 12.7. The Bertz CT molecular complexity index is 856. The van der Waals surface area contributed by atoms with E-state index < -0.39 is 9.84 Å². The summed E-state index contributed by atoms with van der Waals surface area (Å²) < 4.78 is 31.2. The van der Waals surface area contributed by atoms with Crippen LogP contribution in [0.1, 0.15) is 12.0 Å². The SMILES string of the molecule is Cl.O=C(CCn1cncn1)N1CCN(Cc2ccoc2)[C@@H]2CS(=O)(=O)C[C@@H]21. The zero-order chi connectivity index (χ0) is 18.1. The second kappa shape index (κ2) is 7.99. The fourth-order valence-electron chi connectivity index (χ4n) is 3.85. The third-order valence-electron chi connectivity index (χ3n) is 5.10. The van der Waals surface area contributed by atoms with Crippen molar-refractivity contribution in [1.29, 1.82) is 0 Å². The van der Waals surface area contributed by atoms with Crippen molar-refractivity contribution in [3.63, 3.8) is 0 Å². The molecule has 2 aromatic heterocycles. The molecule has 1 amide bonds. The van der Waals surface area contributed by atoms with Crippen molar-refractivity contribution >= 4 is 28.2 Å². The number of sulfone groups is 1. The molecular formula is C16H22ClN5O4S. The molecule has 9 nitrogen and oxygen atoms in total. The molecule has 2 aliphatic heterocycles. The van der Waals surface area contributed by atoms with Crippen LogP contribution in [-0.2, 0) is 27.7 Å². The predicted molar refractivity (Wildman–Crippen MR) is 98.9 cm³/mol. The molecule has 4 rings (SSSR count). The number of aromatic nitrogens is 3. The van der Waals surface area contributed by atoms with Gasteiger partial charge in [-0.2, -0.15) is 5.10 Å². The van der Waals surface area contributed by atoms with Gasteiger partial charge in [0.2, 0.25) is 5.91 Å². The van der Waals surface area contributed by atoms with Gasteiger partial charge in [-0.3, -0.25) is 14.4 Å². The molecule has 27 heavy (non-hydrogen) atoms. The third-order valence-corrected chi connectivity index (χ3v) is 6.80. The predicted octanol–water partition coefficient (Wildman–Crippen LogP) is 0.193. The molecule has 0 aliphatic carbocycles. The Kier molecular flexibility index (Phi) is 5.87. The molecule has 2 atom stereocenters. The first-order valence-corrected chi connectivity index (χ1v) is 10.4. The first-order chi connectivity index (χ1) is 12.5. The van der Waals surface area contributed by atoms with Gasteiger partial charge in [0.05, 0.1) is 36.6 Å². The average molecular weight is 416 g/mol. The van der Waals surface area contributed by atoms with Crippen LogP contribution in [0.2, 0.25) is 0 Å². The van der Waals surface area contributed by atoms with E-state index >= 15 is 0 Å². The number of carbonyl (C=O) groups is 1. The number of hydrogen-bond acceptors (Lipinski definition) is 7. The maximum atomic E-state index is 12.7. The number of fused-ring (bicyclic) bond motifs is 1.